The smallest absolute Gasteiger partial charge is 0.341 e. The van der Waals surface area contributed by atoms with Gasteiger partial charge in [0.1, 0.15) is 39.3 Å². The SMILES string of the molecule is C.C.C.CC(=O)CCl.COC(=O)c1cnn2c(Br)c(OCC(C)=O)ccc12.COC(=O)c1cnn2c(Br)c(OCc3ccccc3)ccc12. The van der Waals surface area contributed by atoms with Crippen LogP contribution >= 0.6 is 43.5 Å². The number of hydrogen-bond acceptors (Lipinski definition) is 10. The van der Waals surface area contributed by atoms with Crippen molar-refractivity contribution in [1.29, 1.82) is 0 Å². The third kappa shape index (κ3) is 12.0. The third-order valence-corrected chi connectivity index (χ3v) is 7.67. The summed E-state index contributed by atoms with van der Waals surface area (Å²) in [7, 11) is 2.66. The van der Waals surface area contributed by atoms with Gasteiger partial charge in [-0.3, -0.25) is 9.59 Å². The van der Waals surface area contributed by atoms with Gasteiger partial charge in [-0.25, -0.2) is 18.6 Å². The van der Waals surface area contributed by atoms with Crippen LogP contribution < -0.4 is 9.47 Å². The minimum absolute atomic E-state index is 0. The second kappa shape index (κ2) is 21.6. The van der Waals surface area contributed by atoms with Crippen molar-refractivity contribution in [1.82, 2.24) is 19.2 Å². The fourth-order valence-corrected chi connectivity index (χ4v) is 4.73. The normalized spacial score (nSPS) is 9.61. The largest absolute Gasteiger partial charge is 0.486 e. The second-order valence-electron chi connectivity index (χ2n) is 9.27. The summed E-state index contributed by atoms with van der Waals surface area (Å²) in [4.78, 5) is 43.8. The molecule has 0 saturated heterocycles. The highest BCUT2D eigenvalue weighted by molar-refractivity contribution is 9.10. The maximum Gasteiger partial charge on any atom is 0.341 e. The van der Waals surface area contributed by atoms with Crippen molar-refractivity contribution < 1.29 is 38.1 Å². The Morgan fingerprint density at radius 2 is 1.12 bits per heavy atom. The number of alkyl halides is 1. The van der Waals surface area contributed by atoms with Crippen LogP contribution in [-0.4, -0.2) is 69.4 Å². The molecule has 0 aliphatic heterocycles. The Bertz CT molecular complexity index is 1840. The van der Waals surface area contributed by atoms with E-state index in [1.54, 1.807) is 28.8 Å². The molecule has 0 amide bonds. The van der Waals surface area contributed by atoms with E-state index in [1.807, 2.05) is 30.3 Å². The number of hydrogen-bond donors (Lipinski definition) is 0. The Morgan fingerprint density at radius 1 is 0.694 bits per heavy atom. The maximum absolute atomic E-state index is 11.7. The zero-order chi connectivity index (χ0) is 33.8. The first-order chi connectivity index (χ1) is 22.0. The maximum atomic E-state index is 11.7. The zero-order valence-electron chi connectivity index (χ0n) is 25.2. The Kier molecular flexibility index (Phi) is 19.8. The molecule has 266 valence electrons. The lowest BCUT2D eigenvalue weighted by Crippen LogP contribution is -2.08. The topological polar surface area (TPSA) is 140 Å². The van der Waals surface area contributed by atoms with Crippen LogP contribution in [0.5, 0.6) is 11.5 Å². The van der Waals surface area contributed by atoms with Crippen LogP contribution in [0.3, 0.4) is 0 Å². The lowest BCUT2D eigenvalue weighted by Gasteiger charge is -2.09. The van der Waals surface area contributed by atoms with Crippen molar-refractivity contribution in [2.45, 2.75) is 42.7 Å². The van der Waals surface area contributed by atoms with Crippen LogP contribution in [0.15, 0.2) is 76.2 Å². The highest BCUT2D eigenvalue weighted by Gasteiger charge is 2.17. The van der Waals surface area contributed by atoms with Crippen LogP contribution in [0.4, 0.5) is 0 Å². The monoisotopic (exact) mass is 826 g/mol. The van der Waals surface area contributed by atoms with Crippen LogP contribution in [0.2, 0.25) is 0 Å². The molecule has 0 N–H and O–H groups in total. The summed E-state index contributed by atoms with van der Waals surface area (Å²) in [5.74, 6) is 0.326. The number of Topliss-reactive ketones (excluding diaryl/α,β-unsaturated/α-hetero) is 2. The van der Waals surface area contributed by atoms with Crippen LogP contribution in [0, 0.1) is 0 Å². The Hall–Kier alpha value is -4.27. The molecule has 0 fully saturated rings. The van der Waals surface area contributed by atoms with Crippen molar-refractivity contribution in [3.05, 3.63) is 92.9 Å². The van der Waals surface area contributed by atoms with E-state index in [4.69, 9.17) is 25.8 Å². The predicted octanol–water partition coefficient (Wildman–Crippen LogP) is 8.04. The van der Waals surface area contributed by atoms with Gasteiger partial charge in [0, 0.05) is 0 Å². The summed E-state index contributed by atoms with van der Waals surface area (Å²) in [5.41, 5.74) is 3.10. The van der Waals surface area contributed by atoms with Gasteiger partial charge >= 0.3 is 11.9 Å². The molecular weight excluding hydrogens is 788 g/mol. The van der Waals surface area contributed by atoms with E-state index in [0.29, 0.717) is 49.5 Å². The lowest BCUT2D eigenvalue weighted by atomic mass is 10.2. The highest BCUT2D eigenvalue weighted by atomic mass is 79.9. The van der Waals surface area contributed by atoms with Crippen molar-refractivity contribution in [3.8, 4) is 11.5 Å². The Labute approximate surface area is 307 Å². The fourth-order valence-electron chi connectivity index (χ4n) is 3.67. The van der Waals surface area contributed by atoms with Crippen molar-refractivity contribution in [2.24, 2.45) is 0 Å². The molecule has 49 heavy (non-hydrogen) atoms. The van der Waals surface area contributed by atoms with Gasteiger partial charge < -0.3 is 18.9 Å². The molecule has 4 aromatic heterocycles. The van der Waals surface area contributed by atoms with E-state index in [9.17, 15) is 19.2 Å². The van der Waals surface area contributed by atoms with Crippen molar-refractivity contribution >= 4 is 78.0 Å². The molecule has 0 unspecified atom stereocenters. The minimum Gasteiger partial charge on any atom is -0.486 e. The quantitative estimate of drug-likeness (QED) is 0.0815. The van der Waals surface area contributed by atoms with Crippen LogP contribution in [0.1, 0.15) is 62.4 Å². The first kappa shape index (κ1) is 44.7. The van der Waals surface area contributed by atoms with E-state index >= 15 is 0 Å². The molecule has 0 spiro atoms. The average Bonchev–Trinajstić information content (AvgIpc) is 3.70. The second-order valence-corrected chi connectivity index (χ2v) is 11.0. The summed E-state index contributed by atoms with van der Waals surface area (Å²) in [6.45, 7) is 3.33. The van der Waals surface area contributed by atoms with Crippen LogP contribution in [0.25, 0.3) is 11.0 Å². The van der Waals surface area contributed by atoms with Gasteiger partial charge in [0.05, 0.1) is 43.5 Å². The van der Waals surface area contributed by atoms with Gasteiger partial charge in [-0.1, -0.05) is 52.6 Å². The Balaban J connectivity index is 0.000000790. The molecular formula is C34H41Br2ClN4O8. The summed E-state index contributed by atoms with van der Waals surface area (Å²) in [5, 5.41) is 8.27. The van der Waals surface area contributed by atoms with Crippen molar-refractivity contribution in [2.75, 3.05) is 26.7 Å². The molecule has 0 aliphatic rings. The number of benzene rings is 1. The van der Waals surface area contributed by atoms with Gasteiger partial charge in [-0.05, 0) is 75.5 Å². The van der Waals surface area contributed by atoms with Crippen LogP contribution in [-0.2, 0) is 25.7 Å². The van der Waals surface area contributed by atoms with Gasteiger partial charge in [0.25, 0.3) is 0 Å². The fraction of sp³-hybridized carbons (Fsp3) is 0.294. The molecule has 15 heteroatoms. The molecule has 1 aromatic carbocycles. The number of ketones is 2. The molecule has 0 saturated carbocycles. The molecule has 4 heterocycles. The number of rotatable bonds is 9. The first-order valence-electron chi connectivity index (χ1n) is 13.4. The zero-order valence-corrected chi connectivity index (χ0v) is 29.1. The summed E-state index contributed by atoms with van der Waals surface area (Å²) in [6, 6.07) is 16.8. The predicted molar refractivity (Wildman–Crippen MR) is 197 cm³/mol. The summed E-state index contributed by atoms with van der Waals surface area (Å²) >= 11 is 11.8. The number of carbonyl (C=O) groups excluding carboxylic acids is 4. The number of pyridine rings is 2. The number of aromatic nitrogens is 4. The molecule has 5 aromatic rings. The molecule has 0 atom stereocenters. The van der Waals surface area contributed by atoms with E-state index in [-0.39, 0.29) is 46.3 Å². The van der Waals surface area contributed by atoms with Gasteiger partial charge in [-0.2, -0.15) is 10.2 Å². The Morgan fingerprint density at radius 3 is 1.51 bits per heavy atom. The lowest BCUT2D eigenvalue weighted by molar-refractivity contribution is -0.119. The molecule has 0 radical (unpaired) electrons. The standard InChI is InChI=1S/C16H13BrN2O3.C12H11BrN2O4.C3H5ClO.3CH4/c1-21-16(20)12-9-18-19-13(12)7-8-14(15(19)17)22-10-11-5-3-2-4-6-11;1-7(16)6-19-10-4-3-9-8(12(17)18-2)5-14-15(9)11(10)13;1-3(5)2-4;;;/h2-9H,10H2,1H3;3-5H,6H2,1-2H3;2H2,1H3;3*1H4. The number of carbonyl (C=O) groups is 4. The van der Waals surface area contributed by atoms with Crippen molar-refractivity contribution in [3.63, 3.8) is 0 Å². The molecule has 0 aliphatic carbocycles. The van der Waals surface area contributed by atoms with E-state index in [2.05, 4.69) is 46.8 Å². The van der Waals surface area contributed by atoms with Gasteiger partial charge in [-0.15, -0.1) is 11.6 Å². The number of fused-ring (bicyclic) bond motifs is 2. The van der Waals surface area contributed by atoms with Gasteiger partial charge in [0.2, 0.25) is 0 Å². The average molecular weight is 829 g/mol. The summed E-state index contributed by atoms with van der Waals surface area (Å²) < 4.78 is 24.8. The first-order valence-corrected chi connectivity index (χ1v) is 15.5. The number of ether oxygens (including phenoxy) is 4. The van der Waals surface area contributed by atoms with E-state index in [0.717, 1.165) is 5.56 Å². The highest BCUT2D eigenvalue weighted by Crippen LogP contribution is 2.29. The number of halogens is 3. The number of esters is 2. The molecule has 5 rings (SSSR count). The number of methoxy groups -OCH3 is 2. The summed E-state index contributed by atoms with van der Waals surface area (Å²) in [6.07, 6.45) is 2.90. The minimum atomic E-state index is -0.459. The van der Waals surface area contributed by atoms with Gasteiger partial charge in [0.15, 0.2) is 17.3 Å². The molecule has 0 bridgehead atoms. The third-order valence-electron chi connectivity index (χ3n) is 5.84. The molecule has 12 nitrogen and oxygen atoms in total. The van der Waals surface area contributed by atoms with E-state index in [1.165, 1.54) is 45.0 Å². The number of nitrogens with zero attached hydrogens (tertiary/aromatic N) is 4. The van der Waals surface area contributed by atoms with E-state index < -0.39 is 11.9 Å².